The minimum Gasteiger partial charge on any atom is -0.497 e. The Bertz CT molecular complexity index is 767. The standard InChI is InChI=1S/C17H21N3O3.C2H3F3/c1-6-12-11-19(7-2)17(21)20(16(12)18-3)14-9-8-13(22-4)10-15(14)23-5;1-2(3,4)5/h6-10H,2,11H2,1,3-5H3;1H3/b12-6-,18-16?;. The van der Waals surface area contributed by atoms with Gasteiger partial charge in [0, 0.05) is 31.8 Å². The summed E-state index contributed by atoms with van der Waals surface area (Å²) < 4.78 is 41.7. The Morgan fingerprint density at radius 1 is 1.25 bits per heavy atom. The summed E-state index contributed by atoms with van der Waals surface area (Å²) in [6.45, 7) is 6.26. The number of carbonyl (C=O) groups excluding carboxylic acids is 1. The monoisotopic (exact) mass is 399 g/mol. The number of anilines is 1. The first kappa shape index (κ1) is 23.1. The first-order valence-corrected chi connectivity index (χ1v) is 8.25. The van der Waals surface area contributed by atoms with E-state index in [9.17, 15) is 18.0 Å². The number of aliphatic imine (C=N–C) groups is 1. The third-order valence-corrected chi connectivity index (χ3v) is 3.69. The molecule has 1 aliphatic rings. The van der Waals surface area contributed by atoms with Crippen LogP contribution in [0.5, 0.6) is 11.5 Å². The molecular formula is C19H24F3N3O3. The van der Waals surface area contributed by atoms with Gasteiger partial charge in [0.2, 0.25) is 0 Å². The second-order valence-electron chi connectivity index (χ2n) is 5.61. The molecule has 2 amide bonds. The van der Waals surface area contributed by atoms with Crippen LogP contribution in [-0.2, 0) is 0 Å². The minimum atomic E-state index is -4.00. The van der Waals surface area contributed by atoms with Gasteiger partial charge in [0.05, 0.1) is 26.5 Å². The summed E-state index contributed by atoms with van der Waals surface area (Å²) in [5.74, 6) is 1.77. The summed E-state index contributed by atoms with van der Waals surface area (Å²) in [5, 5.41) is 0. The number of amidine groups is 1. The van der Waals surface area contributed by atoms with E-state index < -0.39 is 6.18 Å². The number of amides is 2. The highest BCUT2D eigenvalue weighted by Crippen LogP contribution is 2.35. The van der Waals surface area contributed by atoms with Crippen molar-refractivity contribution < 1.29 is 27.4 Å². The molecule has 0 atom stereocenters. The van der Waals surface area contributed by atoms with Gasteiger partial charge in [-0.3, -0.25) is 9.89 Å². The molecular weight excluding hydrogens is 375 g/mol. The lowest BCUT2D eigenvalue weighted by Gasteiger charge is -2.36. The number of halogens is 3. The summed E-state index contributed by atoms with van der Waals surface area (Å²) in [6, 6.07) is 5.06. The lowest BCUT2D eigenvalue weighted by atomic mass is 10.1. The number of urea groups is 1. The highest BCUT2D eigenvalue weighted by Gasteiger charge is 2.34. The Hall–Kier alpha value is -2.97. The summed E-state index contributed by atoms with van der Waals surface area (Å²) in [6.07, 6.45) is -0.546. The van der Waals surface area contributed by atoms with Crippen molar-refractivity contribution in [1.29, 1.82) is 0 Å². The van der Waals surface area contributed by atoms with Crippen molar-refractivity contribution in [2.24, 2.45) is 4.99 Å². The quantitative estimate of drug-likeness (QED) is 0.742. The predicted molar refractivity (Wildman–Crippen MR) is 103 cm³/mol. The fourth-order valence-corrected chi connectivity index (χ4v) is 2.48. The average Bonchev–Trinajstić information content (AvgIpc) is 2.65. The van der Waals surface area contributed by atoms with Crippen LogP contribution in [-0.4, -0.2) is 50.8 Å². The minimum absolute atomic E-state index is 0.188. The molecule has 28 heavy (non-hydrogen) atoms. The molecule has 2 rings (SSSR count). The first-order chi connectivity index (χ1) is 13.1. The maximum absolute atomic E-state index is 12.8. The molecule has 1 aromatic rings. The fourth-order valence-electron chi connectivity index (χ4n) is 2.48. The van der Waals surface area contributed by atoms with Gasteiger partial charge in [0.25, 0.3) is 0 Å². The second kappa shape index (κ2) is 9.82. The van der Waals surface area contributed by atoms with Crippen LogP contribution in [0.1, 0.15) is 13.8 Å². The van der Waals surface area contributed by atoms with Crippen LogP contribution < -0.4 is 14.4 Å². The molecule has 0 radical (unpaired) electrons. The molecule has 0 N–H and O–H groups in total. The Kier molecular flexibility index (Phi) is 8.09. The number of hydrogen-bond acceptors (Lipinski definition) is 4. The van der Waals surface area contributed by atoms with Crippen LogP contribution in [0.2, 0.25) is 0 Å². The largest absolute Gasteiger partial charge is 0.497 e. The van der Waals surface area contributed by atoms with Crippen LogP contribution >= 0.6 is 0 Å². The number of nitrogens with zero attached hydrogens (tertiary/aromatic N) is 3. The zero-order valence-electron chi connectivity index (χ0n) is 16.5. The molecule has 0 saturated carbocycles. The summed E-state index contributed by atoms with van der Waals surface area (Å²) in [5.41, 5.74) is 1.54. The molecule has 0 aliphatic carbocycles. The normalized spacial score (nSPS) is 17.4. The van der Waals surface area contributed by atoms with Gasteiger partial charge in [-0.1, -0.05) is 12.7 Å². The van der Waals surface area contributed by atoms with Crippen molar-refractivity contribution in [2.45, 2.75) is 20.0 Å². The third kappa shape index (κ3) is 5.77. The first-order valence-electron chi connectivity index (χ1n) is 8.25. The van der Waals surface area contributed by atoms with Crippen LogP contribution in [0.4, 0.5) is 23.7 Å². The molecule has 1 aromatic carbocycles. The van der Waals surface area contributed by atoms with E-state index in [4.69, 9.17) is 9.47 Å². The van der Waals surface area contributed by atoms with Gasteiger partial charge in [-0.2, -0.15) is 13.2 Å². The van der Waals surface area contributed by atoms with Gasteiger partial charge in [0.1, 0.15) is 17.3 Å². The van der Waals surface area contributed by atoms with Crippen LogP contribution in [0.3, 0.4) is 0 Å². The van der Waals surface area contributed by atoms with Crippen molar-refractivity contribution in [3.05, 3.63) is 42.6 Å². The lowest BCUT2D eigenvalue weighted by Crippen LogP contribution is -2.52. The van der Waals surface area contributed by atoms with Crippen molar-refractivity contribution in [3.8, 4) is 11.5 Å². The molecule has 1 heterocycles. The topological polar surface area (TPSA) is 54.4 Å². The van der Waals surface area contributed by atoms with Gasteiger partial charge < -0.3 is 9.47 Å². The Morgan fingerprint density at radius 3 is 2.29 bits per heavy atom. The Balaban J connectivity index is 0.000000696. The van der Waals surface area contributed by atoms with Gasteiger partial charge in [-0.05, 0) is 19.1 Å². The van der Waals surface area contributed by atoms with Gasteiger partial charge >= 0.3 is 12.2 Å². The van der Waals surface area contributed by atoms with Gasteiger partial charge in [0.15, 0.2) is 0 Å². The molecule has 9 heteroatoms. The number of benzene rings is 1. The molecule has 6 nitrogen and oxygen atoms in total. The van der Waals surface area contributed by atoms with E-state index in [0.29, 0.717) is 29.6 Å². The van der Waals surface area contributed by atoms with E-state index in [0.717, 1.165) is 5.57 Å². The number of carbonyl (C=O) groups is 1. The summed E-state index contributed by atoms with van der Waals surface area (Å²) in [7, 11) is 4.80. The summed E-state index contributed by atoms with van der Waals surface area (Å²) in [4.78, 5) is 20.2. The number of rotatable bonds is 4. The molecule has 0 aromatic heterocycles. The third-order valence-electron chi connectivity index (χ3n) is 3.69. The number of allylic oxidation sites excluding steroid dienone is 1. The molecule has 0 unspecified atom stereocenters. The Labute approximate surface area is 162 Å². The van der Waals surface area contributed by atoms with Crippen molar-refractivity contribution in [1.82, 2.24) is 4.90 Å². The smallest absolute Gasteiger partial charge is 0.386 e. The molecule has 1 saturated heterocycles. The predicted octanol–water partition coefficient (Wildman–Crippen LogP) is 4.63. The average molecular weight is 399 g/mol. The van der Waals surface area contributed by atoms with Crippen LogP contribution in [0.25, 0.3) is 0 Å². The molecule has 1 fully saturated rings. The van der Waals surface area contributed by atoms with E-state index in [1.54, 1.807) is 39.5 Å². The maximum Gasteiger partial charge on any atom is 0.386 e. The molecule has 1 aliphatic heterocycles. The molecule has 154 valence electrons. The maximum atomic E-state index is 12.8. The number of alkyl halides is 3. The number of hydrogen-bond donors (Lipinski definition) is 0. The van der Waals surface area contributed by atoms with Crippen molar-refractivity contribution in [3.63, 3.8) is 0 Å². The lowest BCUT2D eigenvalue weighted by molar-refractivity contribution is -0.110. The van der Waals surface area contributed by atoms with E-state index >= 15 is 0 Å². The van der Waals surface area contributed by atoms with E-state index in [-0.39, 0.29) is 13.0 Å². The summed E-state index contributed by atoms with van der Waals surface area (Å²) >= 11 is 0. The highest BCUT2D eigenvalue weighted by molar-refractivity contribution is 6.25. The molecule has 0 bridgehead atoms. The SMILES string of the molecule is C=CN1C/C(=C/C)C(=NC)N(c2ccc(OC)cc2OC)C1=O.CC(F)(F)F. The van der Waals surface area contributed by atoms with E-state index in [2.05, 4.69) is 11.6 Å². The van der Waals surface area contributed by atoms with Crippen molar-refractivity contribution in [2.75, 3.05) is 32.7 Å². The van der Waals surface area contributed by atoms with Crippen molar-refractivity contribution >= 4 is 17.6 Å². The van der Waals surface area contributed by atoms with Gasteiger partial charge in [-0.15, -0.1) is 0 Å². The zero-order chi connectivity index (χ0) is 21.5. The molecule has 0 spiro atoms. The number of methoxy groups -OCH3 is 2. The van der Waals surface area contributed by atoms with E-state index in [1.807, 2.05) is 13.0 Å². The zero-order valence-corrected chi connectivity index (χ0v) is 16.5. The van der Waals surface area contributed by atoms with Gasteiger partial charge in [-0.25, -0.2) is 9.69 Å². The highest BCUT2D eigenvalue weighted by atomic mass is 19.4. The Morgan fingerprint density at radius 2 is 1.86 bits per heavy atom. The number of ether oxygens (including phenoxy) is 2. The van der Waals surface area contributed by atoms with Crippen LogP contribution in [0.15, 0.2) is 47.6 Å². The van der Waals surface area contributed by atoms with E-state index in [1.165, 1.54) is 16.0 Å². The fraction of sp³-hybridized carbons (Fsp3) is 0.368. The second-order valence-corrected chi connectivity index (χ2v) is 5.61. The van der Waals surface area contributed by atoms with Crippen LogP contribution in [0, 0.1) is 0 Å².